The third-order valence-electron chi connectivity index (χ3n) is 7.38. The van der Waals surface area contributed by atoms with Crippen LogP contribution in [0.5, 0.6) is 5.75 Å². The van der Waals surface area contributed by atoms with Gasteiger partial charge in [-0.25, -0.2) is 0 Å². The van der Waals surface area contributed by atoms with Crippen LogP contribution in [0.1, 0.15) is 23.0 Å². The highest BCUT2D eigenvalue weighted by atomic mass is 28.3. The third kappa shape index (κ3) is 8.26. The highest BCUT2D eigenvalue weighted by Gasteiger charge is 2.52. The first-order chi connectivity index (χ1) is 19.9. The molecule has 41 heavy (non-hydrogen) atoms. The minimum absolute atomic E-state index is 0.357. The van der Waals surface area contributed by atoms with Gasteiger partial charge in [0, 0.05) is 20.2 Å². The summed E-state index contributed by atoms with van der Waals surface area (Å²) in [7, 11) is 0.350. The molecule has 0 saturated carbocycles. The number of hydrogen-bond acceptors (Lipinski definition) is 7. The van der Waals surface area contributed by atoms with Crippen LogP contribution in [0.3, 0.4) is 0 Å². The molecule has 0 bridgehead atoms. The van der Waals surface area contributed by atoms with E-state index in [0.29, 0.717) is 26.4 Å². The number of methoxy groups -OCH3 is 1. The zero-order valence-corrected chi connectivity index (χ0v) is 25.4. The molecular weight excluding hydrogens is 536 g/mol. The first-order valence-electron chi connectivity index (χ1n) is 14.4. The van der Waals surface area contributed by atoms with E-state index in [1.54, 1.807) is 7.11 Å². The van der Waals surface area contributed by atoms with Crippen molar-refractivity contribution in [2.45, 2.75) is 75.9 Å². The smallest absolute Gasteiger partial charge is 0.186 e. The summed E-state index contributed by atoms with van der Waals surface area (Å²) in [6, 6.07) is 29.0. The van der Waals surface area contributed by atoms with Gasteiger partial charge in [0.25, 0.3) is 0 Å². The van der Waals surface area contributed by atoms with Crippen molar-refractivity contribution in [3.8, 4) is 5.75 Å². The summed E-state index contributed by atoms with van der Waals surface area (Å²) in [6.45, 7) is 8.76. The number of ether oxygens (including phenoxy) is 7. The van der Waals surface area contributed by atoms with Crippen LogP contribution in [0.15, 0.2) is 84.9 Å². The van der Waals surface area contributed by atoms with Gasteiger partial charge in [0.15, 0.2) is 12.6 Å². The van der Waals surface area contributed by atoms with Crippen molar-refractivity contribution in [2.24, 2.45) is 0 Å². The van der Waals surface area contributed by atoms with Crippen molar-refractivity contribution < 1.29 is 33.2 Å². The van der Waals surface area contributed by atoms with Gasteiger partial charge in [-0.15, -0.1) is 0 Å². The first kappa shape index (κ1) is 29.9. The lowest BCUT2D eigenvalue weighted by Gasteiger charge is -2.49. The summed E-state index contributed by atoms with van der Waals surface area (Å²) >= 11 is 0. The second kappa shape index (κ2) is 14.1. The summed E-state index contributed by atoms with van der Waals surface area (Å²) in [4.78, 5) is 0. The predicted molar refractivity (Wildman–Crippen MR) is 159 cm³/mol. The van der Waals surface area contributed by atoms with E-state index in [0.717, 1.165) is 28.5 Å². The Kier molecular flexibility index (Phi) is 10.3. The van der Waals surface area contributed by atoms with E-state index in [9.17, 15) is 0 Å². The first-order valence-corrected chi connectivity index (χ1v) is 18.1. The SMILES string of the molecule is COc1ccc(CO[C@H]2[C@H]3OC(c4ccccc4)OC[C@H]3O[C@@H](OCC[Si](C)(C)C)[C@@H]2OCc2ccccc2)cc1. The Morgan fingerprint density at radius 3 is 2.02 bits per heavy atom. The Morgan fingerprint density at radius 2 is 1.37 bits per heavy atom. The van der Waals surface area contributed by atoms with Gasteiger partial charge in [0.05, 0.1) is 26.9 Å². The van der Waals surface area contributed by atoms with E-state index in [4.69, 9.17) is 33.2 Å². The molecule has 2 aliphatic rings. The molecule has 2 saturated heterocycles. The maximum atomic E-state index is 6.68. The fourth-order valence-electron chi connectivity index (χ4n) is 4.99. The zero-order valence-electron chi connectivity index (χ0n) is 24.4. The lowest BCUT2D eigenvalue weighted by atomic mass is 9.97. The molecule has 0 spiro atoms. The topological polar surface area (TPSA) is 64.6 Å². The van der Waals surface area contributed by atoms with Crippen molar-refractivity contribution in [2.75, 3.05) is 20.3 Å². The Hall–Kier alpha value is -2.56. The van der Waals surface area contributed by atoms with Gasteiger partial charge in [0.1, 0.15) is 30.2 Å². The lowest BCUT2D eigenvalue weighted by molar-refractivity contribution is -0.372. The summed E-state index contributed by atoms with van der Waals surface area (Å²) in [5.41, 5.74) is 3.05. The van der Waals surface area contributed by atoms with Crippen LogP contribution in [-0.2, 0) is 41.6 Å². The molecule has 2 heterocycles. The lowest BCUT2D eigenvalue weighted by Crippen LogP contribution is -2.63. The summed E-state index contributed by atoms with van der Waals surface area (Å²) < 4.78 is 44.2. The van der Waals surface area contributed by atoms with Gasteiger partial charge >= 0.3 is 0 Å². The second-order valence-corrected chi connectivity index (χ2v) is 17.4. The van der Waals surface area contributed by atoms with Gasteiger partial charge in [-0.2, -0.15) is 0 Å². The minimum Gasteiger partial charge on any atom is -0.497 e. The van der Waals surface area contributed by atoms with Crippen LogP contribution in [0.2, 0.25) is 25.7 Å². The van der Waals surface area contributed by atoms with E-state index >= 15 is 0 Å². The van der Waals surface area contributed by atoms with E-state index in [2.05, 4.69) is 31.8 Å². The molecule has 2 fully saturated rings. The van der Waals surface area contributed by atoms with E-state index in [1.165, 1.54) is 0 Å². The van der Waals surface area contributed by atoms with Crippen LogP contribution in [0, 0.1) is 0 Å². The molecule has 1 unspecified atom stereocenters. The standard InChI is InChI=1S/C33H42O7Si/c1-34-27-17-15-25(16-18-27)22-36-30-29-28(23-38-32(40-29)26-13-9-6-10-14-26)39-33(35-19-20-41(2,3)4)31(30)37-21-24-11-7-5-8-12-24/h5-18,28-33H,19-23H2,1-4H3/t28-,29+,30+,31-,32?,33-/m1/s1. The monoisotopic (exact) mass is 578 g/mol. The molecule has 2 aliphatic heterocycles. The number of rotatable bonds is 12. The van der Waals surface area contributed by atoms with E-state index in [-0.39, 0.29) is 6.10 Å². The molecule has 0 N–H and O–H groups in total. The molecule has 5 rings (SSSR count). The Morgan fingerprint density at radius 1 is 0.732 bits per heavy atom. The molecule has 0 amide bonds. The van der Waals surface area contributed by atoms with Crippen LogP contribution in [-0.4, -0.2) is 59.1 Å². The van der Waals surface area contributed by atoms with Gasteiger partial charge in [-0.3, -0.25) is 0 Å². The molecule has 220 valence electrons. The van der Waals surface area contributed by atoms with Crippen molar-refractivity contribution >= 4 is 8.07 Å². The number of fused-ring (bicyclic) bond motifs is 1. The van der Waals surface area contributed by atoms with Crippen LogP contribution < -0.4 is 4.74 Å². The summed E-state index contributed by atoms with van der Waals surface area (Å²) in [5.74, 6) is 0.804. The molecule has 0 radical (unpaired) electrons. The predicted octanol–water partition coefficient (Wildman–Crippen LogP) is 6.36. The van der Waals surface area contributed by atoms with E-state index in [1.807, 2.05) is 72.8 Å². The number of hydrogen-bond donors (Lipinski definition) is 0. The van der Waals surface area contributed by atoms with E-state index < -0.39 is 39.0 Å². The van der Waals surface area contributed by atoms with Gasteiger partial charge in [-0.1, -0.05) is 92.4 Å². The molecule has 3 aromatic rings. The largest absolute Gasteiger partial charge is 0.497 e. The fraction of sp³-hybridized carbons (Fsp3) is 0.455. The molecule has 0 aliphatic carbocycles. The zero-order chi connectivity index (χ0) is 28.7. The second-order valence-electron chi connectivity index (χ2n) is 11.8. The molecule has 3 aromatic carbocycles. The highest BCUT2D eigenvalue weighted by molar-refractivity contribution is 6.76. The Bertz CT molecular complexity index is 1190. The highest BCUT2D eigenvalue weighted by Crippen LogP contribution is 2.37. The minimum atomic E-state index is -1.31. The van der Waals surface area contributed by atoms with Crippen molar-refractivity contribution in [3.63, 3.8) is 0 Å². The molecule has 7 nitrogen and oxygen atoms in total. The average molecular weight is 579 g/mol. The third-order valence-corrected chi connectivity index (χ3v) is 9.08. The van der Waals surface area contributed by atoms with Crippen LogP contribution >= 0.6 is 0 Å². The van der Waals surface area contributed by atoms with Crippen molar-refractivity contribution in [1.82, 2.24) is 0 Å². The van der Waals surface area contributed by atoms with Crippen molar-refractivity contribution in [3.05, 3.63) is 102 Å². The maximum Gasteiger partial charge on any atom is 0.186 e. The average Bonchev–Trinajstić information content (AvgIpc) is 2.99. The molecule has 6 atom stereocenters. The van der Waals surface area contributed by atoms with Crippen LogP contribution in [0.4, 0.5) is 0 Å². The Balaban J connectivity index is 1.40. The molecular formula is C33H42O7Si. The van der Waals surface area contributed by atoms with Gasteiger partial charge < -0.3 is 33.2 Å². The van der Waals surface area contributed by atoms with Crippen molar-refractivity contribution in [1.29, 1.82) is 0 Å². The number of benzene rings is 3. The van der Waals surface area contributed by atoms with Crippen LogP contribution in [0.25, 0.3) is 0 Å². The molecule has 0 aromatic heterocycles. The van der Waals surface area contributed by atoms with Gasteiger partial charge in [-0.05, 0) is 29.3 Å². The molecule has 8 heteroatoms. The van der Waals surface area contributed by atoms with Gasteiger partial charge in [0.2, 0.25) is 0 Å². The quantitative estimate of drug-likeness (QED) is 0.232. The maximum absolute atomic E-state index is 6.68. The Labute approximate surface area is 244 Å². The summed E-state index contributed by atoms with van der Waals surface area (Å²) in [6.07, 6.45) is -2.86. The normalized spacial score (nSPS) is 26.3. The fourth-order valence-corrected chi connectivity index (χ4v) is 5.72. The summed E-state index contributed by atoms with van der Waals surface area (Å²) in [5, 5.41) is 0.